The first kappa shape index (κ1) is 13.9. The third-order valence-corrected chi connectivity index (χ3v) is 4.09. The van der Waals surface area contributed by atoms with Crippen LogP contribution in [0.2, 0.25) is 0 Å². The Balaban J connectivity index is 1.43. The van der Waals surface area contributed by atoms with Crippen LogP contribution in [-0.2, 0) is 11.3 Å². The van der Waals surface area contributed by atoms with Crippen LogP contribution in [0.4, 0.5) is 8.78 Å². The molecule has 0 aliphatic heterocycles. The zero-order chi connectivity index (χ0) is 16.0. The highest BCUT2D eigenvalue weighted by Gasteiger charge is 2.35. The number of amides is 1. The quantitative estimate of drug-likeness (QED) is 0.904. The summed E-state index contributed by atoms with van der Waals surface area (Å²) in [7, 11) is 0. The van der Waals surface area contributed by atoms with E-state index in [-0.39, 0.29) is 18.2 Å². The minimum atomic E-state index is -2.86. The van der Waals surface area contributed by atoms with Gasteiger partial charge in [-0.3, -0.25) is 4.79 Å². The normalized spacial score (nSPS) is 17.4. The van der Waals surface area contributed by atoms with Crippen LogP contribution in [0.1, 0.15) is 12.0 Å². The number of fused-ring (bicyclic) bond motifs is 2. The molecule has 23 heavy (non-hydrogen) atoms. The number of rotatable bonds is 5. The third-order valence-electron chi connectivity index (χ3n) is 4.09. The highest BCUT2D eigenvalue weighted by atomic mass is 19.3. The molecule has 4 rings (SSSR count). The number of carbonyl (C=O) groups is 1. The fourth-order valence-electron chi connectivity index (χ4n) is 2.94. The van der Waals surface area contributed by atoms with Gasteiger partial charge in [-0.2, -0.15) is 8.78 Å². The van der Waals surface area contributed by atoms with Crippen LogP contribution in [0, 0.1) is 0 Å². The number of ether oxygens (including phenoxy) is 1. The van der Waals surface area contributed by atoms with Gasteiger partial charge in [0.05, 0.1) is 0 Å². The van der Waals surface area contributed by atoms with Crippen LogP contribution < -0.4 is 10.1 Å². The van der Waals surface area contributed by atoms with Gasteiger partial charge in [-0.15, -0.1) is 0 Å². The zero-order valence-corrected chi connectivity index (χ0v) is 12.1. The minimum Gasteiger partial charge on any atom is -0.435 e. The Morgan fingerprint density at radius 2 is 2.13 bits per heavy atom. The van der Waals surface area contributed by atoms with E-state index in [1.807, 2.05) is 12.2 Å². The first-order valence-corrected chi connectivity index (χ1v) is 7.30. The Labute approximate surface area is 131 Å². The van der Waals surface area contributed by atoms with Crippen LogP contribution >= 0.6 is 0 Å². The molecular formula is C18H13F2NO2. The highest BCUT2D eigenvalue weighted by molar-refractivity contribution is 6.01. The molecule has 1 fully saturated rings. The summed E-state index contributed by atoms with van der Waals surface area (Å²) in [5.74, 6) is -0.0765. The summed E-state index contributed by atoms with van der Waals surface area (Å²) in [4.78, 5) is 12.3. The molecule has 5 heteroatoms. The maximum atomic E-state index is 12.3. The summed E-state index contributed by atoms with van der Waals surface area (Å²) in [6.45, 7) is -2.60. The molecule has 3 nitrogen and oxygen atoms in total. The van der Waals surface area contributed by atoms with E-state index in [2.05, 4.69) is 16.1 Å². The number of nitrogens with one attached hydrogen (secondary N) is 1. The molecule has 0 bridgehead atoms. The molecule has 0 unspecified atom stereocenters. The number of alkyl halides is 2. The second-order valence-electron chi connectivity index (χ2n) is 5.61. The Morgan fingerprint density at radius 3 is 2.96 bits per heavy atom. The van der Waals surface area contributed by atoms with Crippen LogP contribution in [0.25, 0.3) is 0 Å². The van der Waals surface area contributed by atoms with Crippen molar-refractivity contribution in [2.24, 2.45) is 0 Å². The lowest BCUT2D eigenvalue weighted by Crippen LogP contribution is -2.24. The summed E-state index contributed by atoms with van der Waals surface area (Å²) < 4.78 is 28.8. The third kappa shape index (κ3) is 2.59. The van der Waals surface area contributed by atoms with E-state index in [0.29, 0.717) is 11.1 Å². The van der Waals surface area contributed by atoms with Crippen LogP contribution in [0.3, 0.4) is 0 Å². The maximum Gasteiger partial charge on any atom is 0.387 e. The lowest BCUT2D eigenvalue weighted by Gasteiger charge is -2.09. The van der Waals surface area contributed by atoms with Crippen molar-refractivity contribution in [3.05, 3.63) is 75.9 Å². The SMILES string of the molecule is O=C(NCc1cccc(OC(F)F)c1)C1=C2C=C3CC3=C2C=C1. The molecule has 1 aromatic rings. The summed E-state index contributed by atoms with van der Waals surface area (Å²) in [6.07, 6.45) is 6.91. The molecule has 0 spiro atoms. The number of hydrogen-bond acceptors (Lipinski definition) is 2. The number of carbonyl (C=O) groups excluding carboxylic acids is 1. The lowest BCUT2D eigenvalue weighted by molar-refractivity contribution is -0.117. The van der Waals surface area contributed by atoms with Gasteiger partial charge < -0.3 is 10.1 Å². The average Bonchev–Trinajstić information content (AvgIpc) is 3.00. The zero-order valence-electron chi connectivity index (χ0n) is 12.1. The molecule has 0 heterocycles. The molecule has 1 saturated carbocycles. The van der Waals surface area contributed by atoms with Crippen LogP contribution in [0.5, 0.6) is 5.75 Å². The van der Waals surface area contributed by atoms with Crippen molar-refractivity contribution in [3.63, 3.8) is 0 Å². The largest absolute Gasteiger partial charge is 0.435 e. The van der Waals surface area contributed by atoms with Gasteiger partial charge in [-0.25, -0.2) is 0 Å². The fraction of sp³-hybridized carbons (Fsp3) is 0.167. The Kier molecular flexibility index (Phi) is 3.15. The first-order chi connectivity index (χ1) is 11.1. The molecule has 0 saturated heterocycles. The van der Waals surface area contributed by atoms with Gasteiger partial charge in [0.2, 0.25) is 0 Å². The Bertz CT molecular complexity index is 831. The van der Waals surface area contributed by atoms with E-state index in [1.165, 1.54) is 23.3 Å². The van der Waals surface area contributed by atoms with E-state index in [1.54, 1.807) is 12.1 Å². The molecule has 0 aromatic heterocycles. The standard InChI is InChI=1S/C18H13F2NO2/c19-18(20)23-12-3-1-2-10(6-12)9-21-17(22)14-5-4-13-15-7-11(15)8-16(13)14/h1-6,8,18H,7,9H2,(H,21,22). The average molecular weight is 313 g/mol. The summed E-state index contributed by atoms with van der Waals surface area (Å²) >= 11 is 0. The second kappa shape index (κ2) is 5.19. The van der Waals surface area contributed by atoms with Gasteiger partial charge in [-0.05, 0) is 58.6 Å². The first-order valence-electron chi connectivity index (χ1n) is 7.30. The molecule has 0 radical (unpaired) electrons. The lowest BCUT2D eigenvalue weighted by atomic mass is 10.1. The van der Waals surface area contributed by atoms with Gasteiger partial charge in [0.1, 0.15) is 5.75 Å². The molecule has 0 atom stereocenters. The molecule has 1 aromatic carbocycles. The van der Waals surface area contributed by atoms with E-state index in [0.717, 1.165) is 17.6 Å². The van der Waals surface area contributed by atoms with E-state index in [9.17, 15) is 13.6 Å². The summed E-state index contributed by atoms with van der Waals surface area (Å²) in [5, 5.41) is 2.82. The van der Waals surface area contributed by atoms with Crippen molar-refractivity contribution in [2.45, 2.75) is 19.6 Å². The Morgan fingerprint density at radius 1 is 1.26 bits per heavy atom. The van der Waals surface area contributed by atoms with E-state index in [4.69, 9.17) is 0 Å². The molecule has 3 aliphatic rings. The monoisotopic (exact) mass is 313 g/mol. The topological polar surface area (TPSA) is 38.3 Å². The van der Waals surface area contributed by atoms with Crippen molar-refractivity contribution in [1.29, 1.82) is 0 Å². The minimum absolute atomic E-state index is 0.0853. The number of hydrogen-bond donors (Lipinski definition) is 1. The summed E-state index contributed by atoms with van der Waals surface area (Å²) in [6, 6.07) is 6.32. The van der Waals surface area contributed by atoms with Crippen LogP contribution in [0.15, 0.2) is 70.4 Å². The predicted molar refractivity (Wildman–Crippen MR) is 80.8 cm³/mol. The fourth-order valence-corrected chi connectivity index (χ4v) is 2.94. The smallest absolute Gasteiger partial charge is 0.387 e. The summed E-state index contributed by atoms with van der Waals surface area (Å²) in [5.41, 5.74) is 6.19. The van der Waals surface area contributed by atoms with E-state index >= 15 is 0 Å². The number of allylic oxidation sites excluding steroid dienone is 6. The van der Waals surface area contributed by atoms with E-state index < -0.39 is 6.61 Å². The van der Waals surface area contributed by atoms with Crippen molar-refractivity contribution in [3.8, 4) is 5.75 Å². The van der Waals surface area contributed by atoms with Crippen molar-refractivity contribution >= 4 is 5.91 Å². The van der Waals surface area contributed by atoms with Crippen molar-refractivity contribution < 1.29 is 18.3 Å². The van der Waals surface area contributed by atoms with Gasteiger partial charge in [0.15, 0.2) is 0 Å². The van der Waals surface area contributed by atoms with Crippen LogP contribution in [-0.4, -0.2) is 12.5 Å². The maximum absolute atomic E-state index is 12.3. The van der Waals surface area contributed by atoms with Crippen molar-refractivity contribution in [1.82, 2.24) is 5.32 Å². The number of halogens is 2. The molecule has 116 valence electrons. The number of benzene rings is 1. The van der Waals surface area contributed by atoms with Gasteiger partial charge >= 0.3 is 6.61 Å². The second-order valence-corrected chi connectivity index (χ2v) is 5.61. The molecule has 1 amide bonds. The van der Waals surface area contributed by atoms with Gasteiger partial charge in [0, 0.05) is 12.1 Å². The predicted octanol–water partition coefficient (Wildman–Crippen LogP) is 3.41. The Hall–Kier alpha value is -2.69. The molecule has 1 N–H and O–H groups in total. The molecule has 3 aliphatic carbocycles. The van der Waals surface area contributed by atoms with Gasteiger partial charge in [-0.1, -0.05) is 18.2 Å². The van der Waals surface area contributed by atoms with Gasteiger partial charge in [0.25, 0.3) is 5.91 Å². The molecular weight excluding hydrogens is 300 g/mol. The highest BCUT2D eigenvalue weighted by Crippen LogP contribution is 2.51. The van der Waals surface area contributed by atoms with Crippen molar-refractivity contribution in [2.75, 3.05) is 0 Å².